The van der Waals surface area contributed by atoms with Gasteiger partial charge in [-0.2, -0.15) is 0 Å². The minimum atomic E-state index is -0.472. The Hall–Kier alpha value is -0.820. The van der Waals surface area contributed by atoms with Crippen LogP contribution in [0.2, 0.25) is 0 Å². The van der Waals surface area contributed by atoms with E-state index >= 15 is 0 Å². The van der Waals surface area contributed by atoms with Crippen LogP contribution in [-0.2, 0) is 11.8 Å². The molecule has 1 nitrogen and oxygen atoms in total. The molecule has 2 aliphatic rings. The zero-order valence-electron chi connectivity index (χ0n) is 10.9. The molecule has 0 spiro atoms. The normalized spacial score (nSPS) is 40.5. The lowest BCUT2D eigenvalue weighted by Crippen LogP contribution is -2.52. The molecule has 2 unspecified atom stereocenters. The second-order valence-electron chi connectivity index (χ2n) is 6.38. The third kappa shape index (κ3) is 1.55. The molecule has 1 aromatic rings. The molecule has 1 saturated carbocycles. The smallest absolute Gasteiger partial charge is 0.0656 e. The number of rotatable bonds is 0. The van der Waals surface area contributed by atoms with Crippen LogP contribution < -0.4 is 0 Å². The van der Waals surface area contributed by atoms with Crippen LogP contribution in [0.1, 0.15) is 50.7 Å². The van der Waals surface area contributed by atoms with Crippen LogP contribution in [0.15, 0.2) is 24.3 Å². The first-order valence-electron chi connectivity index (χ1n) is 6.85. The van der Waals surface area contributed by atoms with Crippen molar-refractivity contribution in [1.29, 1.82) is 0 Å². The van der Waals surface area contributed by atoms with Crippen molar-refractivity contribution in [1.82, 2.24) is 0 Å². The Balaban J connectivity index is 2.11. The molecule has 0 amide bonds. The monoisotopic (exact) mass is 230 g/mol. The van der Waals surface area contributed by atoms with E-state index in [0.29, 0.717) is 5.92 Å². The van der Waals surface area contributed by atoms with Crippen molar-refractivity contribution in [3.05, 3.63) is 35.4 Å². The van der Waals surface area contributed by atoms with Crippen LogP contribution in [0.25, 0.3) is 0 Å². The summed E-state index contributed by atoms with van der Waals surface area (Å²) in [6.07, 6.45) is 5.61. The third-order valence-corrected chi connectivity index (χ3v) is 5.23. The van der Waals surface area contributed by atoms with E-state index in [0.717, 1.165) is 25.7 Å². The molecule has 2 aliphatic carbocycles. The van der Waals surface area contributed by atoms with Crippen molar-refractivity contribution in [3.8, 4) is 0 Å². The lowest BCUT2D eigenvalue weighted by molar-refractivity contribution is -0.0748. The van der Waals surface area contributed by atoms with Gasteiger partial charge in [0, 0.05) is 0 Å². The first-order chi connectivity index (χ1) is 8.04. The number of benzene rings is 1. The minimum absolute atomic E-state index is 0.191. The van der Waals surface area contributed by atoms with Crippen LogP contribution >= 0.6 is 0 Å². The summed E-state index contributed by atoms with van der Waals surface area (Å²) < 4.78 is 0. The van der Waals surface area contributed by atoms with E-state index in [9.17, 15) is 5.11 Å². The van der Waals surface area contributed by atoms with E-state index in [1.807, 2.05) is 6.92 Å². The van der Waals surface area contributed by atoms with Gasteiger partial charge in [0.15, 0.2) is 0 Å². The summed E-state index contributed by atoms with van der Waals surface area (Å²) >= 11 is 0. The molecule has 0 heterocycles. The molecule has 0 aliphatic heterocycles. The number of hydrogen-bond donors (Lipinski definition) is 1. The van der Waals surface area contributed by atoms with Gasteiger partial charge in [0.1, 0.15) is 0 Å². The fraction of sp³-hybridized carbons (Fsp3) is 0.625. The molecule has 1 heteroatoms. The Kier molecular flexibility index (Phi) is 2.38. The number of fused-ring (bicyclic) bond motifs is 3. The molecular weight excluding hydrogens is 208 g/mol. The maximum atomic E-state index is 10.7. The standard InChI is InChI=1S/C16H22O/c1-15-10-5-11-16(2,17)14(15)9-8-12-6-3-4-7-13(12)15/h3-4,6-7,14,17H,5,8-11H2,1-2H3/t14?,15?,16-/m1/s1. The summed E-state index contributed by atoms with van der Waals surface area (Å²) in [6.45, 7) is 4.41. The fourth-order valence-electron chi connectivity index (χ4n) is 4.40. The topological polar surface area (TPSA) is 20.2 Å². The summed E-state index contributed by atoms with van der Waals surface area (Å²) in [5.74, 6) is 0.429. The van der Waals surface area contributed by atoms with Crippen LogP contribution in [0.4, 0.5) is 0 Å². The molecule has 1 N–H and O–H groups in total. The highest BCUT2D eigenvalue weighted by Crippen LogP contribution is 2.53. The Morgan fingerprint density at radius 3 is 2.76 bits per heavy atom. The maximum Gasteiger partial charge on any atom is 0.0656 e. The van der Waals surface area contributed by atoms with Gasteiger partial charge < -0.3 is 5.11 Å². The van der Waals surface area contributed by atoms with Gasteiger partial charge in [-0.25, -0.2) is 0 Å². The Morgan fingerprint density at radius 1 is 1.18 bits per heavy atom. The van der Waals surface area contributed by atoms with Gasteiger partial charge in [0.25, 0.3) is 0 Å². The van der Waals surface area contributed by atoms with E-state index in [4.69, 9.17) is 0 Å². The van der Waals surface area contributed by atoms with E-state index in [2.05, 4.69) is 31.2 Å². The van der Waals surface area contributed by atoms with E-state index in [-0.39, 0.29) is 5.41 Å². The average Bonchev–Trinajstić information content (AvgIpc) is 2.28. The number of hydrogen-bond acceptors (Lipinski definition) is 1. The Bertz CT molecular complexity index is 435. The van der Waals surface area contributed by atoms with Crippen LogP contribution in [0.3, 0.4) is 0 Å². The van der Waals surface area contributed by atoms with Crippen molar-refractivity contribution in [3.63, 3.8) is 0 Å². The van der Waals surface area contributed by atoms with E-state index in [1.54, 1.807) is 0 Å². The van der Waals surface area contributed by atoms with Gasteiger partial charge in [-0.05, 0) is 61.5 Å². The Labute approximate surface area is 104 Å². The summed E-state index contributed by atoms with van der Waals surface area (Å²) in [5, 5.41) is 10.7. The van der Waals surface area contributed by atoms with Gasteiger partial charge >= 0.3 is 0 Å². The predicted octanol–water partition coefficient (Wildman–Crippen LogP) is 3.44. The molecule has 3 rings (SSSR count). The van der Waals surface area contributed by atoms with Gasteiger partial charge in [-0.3, -0.25) is 0 Å². The highest BCUT2D eigenvalue weighted by atomic mass is 16.3. The molecule has 0 radical (unpaired) electrons. The fourth-order valence-corrected chi connectivity index (χ4v) is 4.40. The molecule has 3 atom stereocenters. The molecule has 0 bridgehead atoms. The summed E-state index contributed by atoms with van der Waals surface area (Å²) in [4.78, 5) is 0. The second kappa shape index (κ2) is 3.58. The van der Waals surface area contributed by atoms with Crippen molar-refractivity contribution in [2.45, 2.75) is 57.0 Å². The van der Waals surface area contributed by atoms with Crippen molar-refractivity contribution >= 4 is 0 Å². The first-order valence-corrected chi connectivity index (χ1v) is 6.85. The highest BCUT2D eigenvalue weighted by Gasteiger charge is 2.50. The number of aliphatic hydroxyl groups is 1. The maximum absolute atomic E-state index is 10.7. The predicted molar refractivity (Wildman–Crippen MR) is 70.1 cm³/mol. The molecular formula is C16H22O. The van der Waals surface area contributed by atoms with Crippen molar-refractivity contribution in [2.75, 3.05) is 0 Å². The number of aryl methyl sites for hydroxylation is 1. The molecule has 92 valence electrons. The first kappa shape index (κ1) is 11.3. The Morgan fingerprint density at radius 2 is 1.94 bits per heavy atom. The third-order valence-electron chi connectivity index (χ3n) is 5.23. The highest BCUT2D eigenvalue weighted by molar-refractivity contribution is 5.38. The zero-order chi connectivity index (χ0) is 12.1. The summed E-state index contributed by atoms with van der Waals surface area (Å²) in [5.41, 5.74) is 2.72. The minimum Gasteiger partial charge on any atom is -0.390 e. The van der Waals surface area contributed by atoms with Crippen molar-refractivity contribution in [2.24, 2.45) is 5.92 Å². The van der Waals surface area contributed by atoms with Gasteiger partial charge in [0.2, 0.25) is 0 Å². The quantitative estimate of drug-likeness (QED) is 0.724. The summed E-state index contributed by atoms with van der Waals surface area (Å²) in [6, 6.07) is 8.84. The van der Waals surface area contributed by atoms with Gasteiger partial charge in [-0.1, -0.05) is 31.2 Å². The lowest BCUT2D eigenvalue weighted by Gasteiger charge is -2.53. The van der Waals surface area contributed by atoms with Gasteiger partial charge in [-0.15, -0.1) is 0 Å². The SMILES string of the molecule is CC12CCC[C@@](C)(O)C1CCc1ccccc12. The summed E-state index contributed by atoms with van der Waals surface area (Å²) in [7, 11) is 0. The second-order valence-corrected chi connectivity index (χ2v) is 6.38. The van der Waals surface area contributed by atoms with Crippen molar-refractivity contribution < 1.29 is 5.11 Å². The van der Waals surface area contributed by atoms with Crippen LogP contribution in [0.5, 0.6) is 0 Å². The van der Waals surface area contributed by atoms with E-state index < -0.39 is 5.60 Å². The lowest BCUT2D eigenvalue weighted by atomic mass is 9.53. The molecule has 1 fully saturated rings. The van der Waals surface area contributed by atoms with E-state index in [1.165, 1.54) is 17.5 Å². The molecule has 17 heavy (non-hydrogen) atoms. The molecule has 0 aromatic heterocycles. The molecule has 1 aromatic carbocycles. The largest absolute Gasteiger partial charge is 0.390 e. The van der Waals surface area contributed by atoms with Crippen LogP contribution in [0, 0.1) is 5.92 Å². The van der Waals surface area contributed by atoms with Crippen LogP contribution in [-0.4, -0.2) is 10.7 Å². The van der Waals surface area contributed by atoms with Gasteiger partial charge in [0.05, 0.1) is 5.60 Å². The zero-order valence-corrected chi connectivity index (χ0v) is 10.9. The molecule has 0 saturated heterocycles. The average molecular weight is 230 g/mol.